The van der Waals surface area contributed by atoms with Gasteiger partial charge in [-0.15, -0.1) is 0 Å². The van der Waals surface area contributed by atoms with Crippen LogP contribution in [0.3, 0.4) is 0 Å². The number of nitrogens with zero attached hydrogens (tertiary/aromatic N) is 1. The van der Waals surface area contributed by atoms with Crippen LogP contribution in [0.4, 0.5) is 0 Å². The molecule has 8 heteroatoms. The predicted molar refractivity (Wildman–Crippen MR) is 105 cm³/mol. The quantitative estimate of drug-likeness (QED) is 0.659. The van der Waals surface area contributed by atoms with E-state index in [-0.39, 0.29) is 16.2 Å². The normalized spacial score (nSPS) is 17.0. The van der Waals surface area contributed by atoms with Gasteiger partial charge in [-0.25, -0.2) is 8.42 Å². The molecule has 1 aliphatic rings. The Balaban J connectivity index is 2.05. The molecule has 152 valence electrons. The fourth-order valence-electron chi connectivity index (χ4n) is 3.50. The van der Waals surface area contributed by atoms with E-state index in [0.717, 1.165) is 25.9 Å². The molecule has 1 saturated heterocycles. The van der Waals surface area contributed by atoms with Gasteiger partial charge < -0.3 is 15.4 Å². The molecule has 0 spiro atoms. The average molecular weight is 398 g/mol. The van der Waals surface area contributed by atoms with Crippen LogP contribution < -0.4 is 10.6 Å². The van der Waals surface area contributed by atoms with E-state index in [1.165, 1.54) is 16.4 Å². The number of nitrogens with one attached hydrogen (secondary N) is 2. The lowest BCUT2D eigenvalue weighted by molar-refractivity contribution is 0.0511. The van der Waals surface area contributed by atoms with Crippen LogP contribution in [0.5, 0.6) is 0 Å². The molecule has 1 aliphatic heterocycles. The minimum Gasteiger partial charge on any atom is -0.384 e. The molecule has 0 saturated carbocycles. The molecule has 0 bridgehead atoms. The molecule has 1 aromatic carbocycles. The number of rotatable bonds is 9. The minimum absolute atomic E-state index is 0.0539. The molecule has 1 aromatic rings. The fourth-order valence-corrected chi connectivity index (χ4v) is 4.95. The van der Waals surface area contributed by atoms with Crippen molar-refractivity contribution < 1.29 is 17.9 Å². The van der Waals surface area contributed by atoms with Gasteiger partial charge in [0.15, 0.2) is 0 Å². The van der Waals surface area contributed by atoms with Gasteiger partial charge in [-0.1, -0.05) is 13.8 Å². The first-order chi connectivity index (χ1) is 12.9. The molecular weight excluding hydrogens is 366 g/mol. The maximum absolute atomic E-state index is 12.5. The average Bonchev–Trinajstić information content (AvgIpc) is 2.68. The Morgan fingerprint density at radius 1 is 1.19 bits per heavy atom. The number of piperidine rings is 1. The highest BCUT2D eigenvalue weighted by Crippen LogP contribution is 2.28. The third-order valence-corrected chi connectivity index (χ3v) is 7.26. The lowest BCUT2D eigenvalue weighted by Crippen LogP contribution is -2.47. The standard InChI is InChI=1S/C19H31N3O4S/c1-4-22(5-2)27(24,25)17-8-6-16(7-9-17)18(23)21-14-19(15-26-3)10-12-20-13-11-19/h6-9,20H,4-5,10-15H2,1-3H3,(H,21,23). The fraction of sp³-hybridized carbons (Fsp3) is 0.632. The molecule has 0 unspecified atom stereocenters. The second-order valence-corrected chi connectivity index (χ2v) is 8.92. The largest absolute Gasteiger partial charge is 0.384 e. The summed E-state index contributed by atoms with van der Waals surface area (Å²) >= 11 is 0. The highest BCUT2D eigenvalue weighted by molar-refractivity contribution is 7.89. The van der Waals surface area contributed by atoms with E-state index in [2.05, 4.69) is 10.6 Å². The molecular formula is C19H31N3O4S. The van der Waals surface area contributed by atoms with Crippen LogP contribution in [-0.2, 0) is 14.8 Å². The van der Waals surface area contributed by atoms with Gasteiger partial charge >= 0.3 is 0 Å². The number of hydrogen-bond acceptors (Lipinski definition) is 5. The molecule has 7 nitrogen and oxygen atoms in total. The number of carbonyl (C=O) groups is 1. The SMILES string of the molecule is CCN(CC)S(=O)(=O)c1ccc(C(=O)NCC2(COC)CCNCC2)cc1. The predicted octanol–water partition coefficient (Wildman–Crippen LogP) is 1.46. The highest BCUT2D eigenvalue weighted by atomic mass is 32.2. The number of amides is 1. The summed E-state index contributed by atoms with van der Waals surface area (Å²) in [6, 6.07) is 6.13. The van der Waals surface area contributed by atoms with E-state index < -0.39 is 10.0 Å². The first-order valence-electron chi connectivity index (χ1n) is 9.46. The van der Waals surface area contributed by atoms with Gasteiger partial charge in [-0.3, -0.25) is 4.79 Å². The van der Waals surface area contributed by atoms with Gasteiger partial charge in [0.2, 0.25) is 10.0 Å². The summed E-state index contributed by atoms with van der Waals surface area (Å²) in [6.07, 6.45) is 1.89. The van der Waals surface area contributed by atoms with Crippen molar-refractivity contribution in [3.8, 4) is 0 Å². The Bertz CT molecular complexity index is 703. The number of ether oxygens (including phenoxy) is 1. The van der Waals surface area contributed by atoms with Gasteiger partial charge in [-0.05, 0) is 50.2 Å². The van der Waals surface area contributed by atoms with Gasteiger partial charge in [0.1, 0.15) is 0 Å². The van der Waals surface area contributed by atoms with Crippen LogP contribution in [0, 0.1) is 5.41 Å². The van der Waals surface area contributed by atoms with Crippen LogP contribution in [0.15, 0.2) is 29.2 Å². The summed E-state index contributed by atoms with van der Waals surface area (Å²) in [5.74, 6) is -0.198. The monoisotopic (exact) mass is 397 g/mol. The molecule has 1 fully saturated rings. The molecule has 2 rings (SSSR count). The van der Waals surface area contributed by atoms with Crippen molar-refractivity contribution in [3.05, 3.63) is 29.8 Å². The highest BCUT2D eigenvalue weighted by Gasteiger charge is 2.32. The van der Waals surface area contributed by atoms with E-state index >= 15 is 0 Å². The summed E-state index contributed by atoms with van der Waals surface area (Å²) in [5.41, 5.74) is 0.400. The van der Waals surface area contributed by atoms with E-state index in [0.29, 0.717) is 31.8 Å². The number of sulfonamides is 1. The molecule has 1 heterocycles. The van der Waals surface area contributed by atoms with Gasteiger partial charge in [-0.2, -0.15) is 4.31 Å². The van der Waals surface area contributed by atoms with Crippen molar-refractivity contribution >= 4 is 15.9 Å². The van der Waals surface area contributed by atoms with E-state index in [4.69, 9.17) is 4.74 Å². The van der Waals surface area contributed by atoms with Gasteiger partial charge in [0.05, 0.1) is 11.5 Å². The van der Waals surface area contributed by atoms with Gasteiger partial charge in [0.25, 0.3) is 5.91 Å². The Hall–Kier alpha value is -1.48. The number of hydrogen-bond donors (Lipinski definition) is 2. The van der Waals surface area contributed by atoms with Crippen LogP contribution in [0.25, 0.3) is 0 Å². The van der Waals surface area contributed by atoms with Crippen LogP contribution in [-0.4, -0.2) is 65.1 Å². The van der Waals surface area contributed by atoms with Crippen molar-refractivity contribution in [1.29, 1.82) is 0 Å². The van der Waals surface area contributed by atoms with Crippen molar-refractivity contribution in [2.24, 2.45) is 5.41 Å². The molecule has 0 atom stereocenters. The summed E-state index contributed by atoms with van der Waals surface area (Å²) in [6.45, 7) is 7.42. The summed E-state index contributed by atoms with van der Waals surface area (Å²) in [7, 11) is -1.83. The van der Waals surface area contributed by atoms with Gasteiger partial charge in [0, 0.05) is 37.7 Å². The second-order valence-electron chi connectivity index (χ2n) is 6.98. The first kappa shape index (κ1) is 21.8. The lowest BCUT2D eigenvalue weighted by atomic mass is 9.79. The van der Waals surface area contributed by atoms with Crippen molar-refractivity contribution in [3.63, 3.8) is 0 Å². The van der Waals surface area contributed by atoms with Crippen molar-refractivity contribution in [2.45, 2.75) is 31.6 Å². The second kappa shape index (κ2) is 9.64. The summed E-state index contributed by atoms with van der Waals surface area (Å²) in [4.78, 5) is 12.7. The summed E-state index contributed by atoms with van der Waals surface area (Å²) < 4.78 is 31.8. The molecule has 1 amide bonds. The lowest BCUT2D eigenvalue weighted by Gasteiger charge is -2.37. The maximum atomic E-state index is 12.5. The zero-order chi connectivity index (χ0) is 19.9. The zero-order valence-electron chi connectivity index (χ0n) is 16.5. The third kappa shape index (κ3) is 5.28. The zero-order valence-corrected chi connectivity index (χ0v) is 17.3. The minimum atomic E-state index is -3.51. The Kier molecular flexibility index (Phi) is 7.79. The van der Waals surface area contributed by atoms with E-state index in [1.807, 2.05) is 0 Å². The number of methoxy groups -OCH3 is 1. The van der Waals surface area contributed by atoms with Crippen LogP contribution in [0.2, 0.25) is 0 Å². The Labute approximate surface area is 162 Å². The first-order valence-corrected chi connectivity index (χ1v) is 10.9. The molecule has 0 radical (unpaired) electrons. The Morgan fingerprint density at radius 2 is 1.78 bits per heavy atom. The maximum Gasteiger partial charge on any atom is 0.251 e. The van der Waals surface area contributed by atoms with Crippen molar-refractivity contribution in [1.82, 2.24) is 14.9 Å². The van der Waals surface area contributed by atoms with Crippen LogP contribution in [0.1, 0.15) is 37.0 Å². The molecule has 0 aliphatic carbocycles. The number of carbonyl (C=O) groups excluding carboxylic acids is 1. The number of benzene rings is 1. The molecule has 2 N–H and O–H groups in total. The Morgan fingerprint density at radius 3 is 2.30 bits per heavy atom. The topological polar surface area (TPSA) is 87.7 Å². The molecule has 0 aromatic heterocycles. The van der Waals surface area contributed by atoms with Crippen molar-refractivity contribution in [2.75, 3.05) is 46.4 Å². The van der Waals surface area contributed by atoms with E-state index in [1.54, 1.807) is 33.1 Å². The smallest absolute Gasteiger partial charge is 0.251 e. The van der Waals surface area contributed by atoms with E-state index in [9.17, 15) is 13.2 Å². The summed E-state index contributed by atoms with van der Waals surface area (Å²) in [5, 5.41) is 6.32. The van der Waals surface area contributed by atoms with Crippen LogP contribution >= 0.6 is 0 Å². The molecule has 27 heavy (non-hydrogen) atoms. The third-order valence-electron chi connectivity index (χ3n) is 5.20.